The van der Waals surface area contributed by atoms with Crippen LogP contribution >= 0.6 is 0 Å². The molecule has 1 aromatic carbocycles. The minimum absolute atomic E-state index is 0.0645. The zero-order valence-electron chi connectivity index (χ0n) is 11.8. The molecular weight excluding hydrogens is 310 g/mol. The monoisotopic (exact) mass is 321 g/mol. The molecule has 0 atom stereocenters. The Morgan fingerprint density at radius 3 is 2.65 bits per heavy atom. The van der Waals surface area contributed by atoms with Gasteiger partial charge < -0.3 is 9.84 Å². The molecule has 0 radical (unpaired) electrons. The molecule has 2 rings (SSSR count). The number of benzene rings is 1. The number of ether oxygens (including phenoxy) is 1. The van der Waals surface area contributed by atoms with Crippen LogP contribution in [0, 0.1) is 10.1 Å². The summed E-state index contributed by atoms with van der Waals surface area (Å²) in [5, 5.41) is 22.8. The number of H-pyrrole nitrogens is 1. The topological polar surface area (TPSA) is 145 Å². The summed E-state index contributed by atoms with van der Waals surface area (Å²) < 4.78 is 5.08. The second kappa shape index (κ2) is 6.13. The number of hydrogen-bond acceptors (Lipinski definition) is 7. The predicted octanol–water partition coefficient (Wildman–Crippen LogP) is 0.316. The van der Waals surface area contributed by atoms with Crippen LogP contribution in [-0.4, -0.2) is 32.4 Å². The Hall–Kier alpha value is -3.43. The summed E-state index contributed by atoms with van der Waals surface area (Å²) in [6, 6.07) is 5.11. The molecule has 0 saturated heterocycles. The third-order valence-electron chi connectivity index (χ3n) is 2.88. The van der Waals surface area contributed by atoms with Gasteiger partial charge in [-0.05, 0) is 13.0 Å². The summed E-state index contributed by atoms with van der Waals surface area (Å²) in [5.41, 5.74) is -3.88. The number of nitrogens with one attached hydrogen (secondary N) is 1. The molecule has 0 unspecified atom stereocenters. The molecule has 0 aliphatic rings. The van der Waals surface area contributed by atoms with E-state index in [1.165, 1.54) is 25.1 Å². The van der Waals surface area contributed by atoms with Crippen LogP contribution in [0.15, 0.2) is 33.9 Å². The Bertz CT molecular complexity index is 897. The van der Waals surface area contributed by atoms with E-state index in [1.54, 1.807) is 0 Å². The SMILES string of the molecule is CCOC(=O)c1c(O)c(=O)n(-c2ccccc2[N+](=O)[O-])[nH]c1=O. The van der Waals surface area contributed by atoms with Gasteiger partial charge >= 0.3 is 11.5 Å². The third-order valence-corrected chi connectivity index (χ3v) is 2.88. The van der Waals surface area contributed by atoms with E-state index in [2.05, 4.69) is 4.74 Å². The molecule has 1 aromatic heterocycles. The lowest BCUT2D eigenvalue weighted by Crippen LogP contribution is -2.33. The lowest BCUT2D eigenvalue weighted by Gasteiger charge is -2.08. The number of aromatic nitrogens is 2. The van der Waals surface area contributed by atoms with E-state index in [4.69, 9.17) is 0 Å². The molecule has 23 heavy (non-hydrogen) atoms. The highest BCUT2D eigenvalue weighted by atomic mass is 16.6. The van der Waals surface area contributed by atoms with Crippen molar-refractivity contribution >= 4 is 11.7 Å². The van der Waals surface area contributed by atoms with Crippen molar-refractivity contribution in [1.29, 1.82) is 0 Å². The van der Waals surface area contributed by atoms with Gasteiger partial charge in [-0.25, -0.2) is 9.48 Å². The number of esters is 1. The van der Waals surface area contributed by atoms with Crippen LogP contribution in [0.4, 0.5) is 5.69 Å². The highest BCUT2D eigenvalue weighted by Gasteiger charge is 2.24. The number of rotatable bonds is 4. The largest absolute Gasteiger partial charge is 0.502 e. The Labute approximate surface area is 127 Å². The molecule has 10 heteroatoms. The van der Waals surface area contributed by atoms with E-state index in [1.807, 2.05) is 5.10 Å². The van der Waals surface area contributed by atoms with Crippen LogP contribution in [0.25, 0.3) is 5.69 Å². The average Bonchev–Trinajstić information content (AvgIpc) is 2.51. The van der Waals surface area contributed by atoms with Crippen molar-refractivity contribution in [2.24, 2.45) is 0 Å². The third kappa shape index (κ3) is 2.81. The van der Waals surface area contributed by atoms with Gasteiger partial charge in [-0.1, -0.05) is 12.1 Å². The number of aromatic hydroxyl groups is 1. The number of aromatic amines is 1. The Morgan fingerprint density at radius 2 is 2.04 bits per heavy atom. The lowest BCUT2D eigenvalue weighted by molar-refractivity contribution is -0.384. The fourth-order valence-corrected chi connectivity index (χ4v) is 1.90. The second-order valence-electron chi connectivity index (χ2n) is 4.27. The minimum atomic E-state index is -1.19. The molecule has 0 bridgehead atoms. The number of para-hydroxylation sites is 2. The lowest BCUT2D eigenvalue weighted by atomic mass is 10.2. The Morgan fingerprint density at radius 1 is 1.39 bits per heavy atom. The maximum atomic E-state index is 12.1. The normalized spacial score (nSPS) is 10.3. The summed E-state index contributed by atoms with van der Waals surface area (Å²) in [7, 11) is 0. The summed E-state index contributed by atoms with van der Waals surface area (Å²) in [6.07, 6.45) is 0. The van der Waals surface area contributed by atoms with Crippen molar-refractivity contribution in [1.82, 2.24) is 9.78 Å². The van der Waals surface area contributed by atoms with E-state index in [9.17, 15) is 29.6 Å². The minimum Gasteiger partial charge on any atom is -0.502 e. The molecule has 1 heterocycles. The first-order valence-electron chi connectivity index (χ1n) is 6.37. The molecule has 0 spiro atoms. The Balaban J connectivity index is 2.74. The molecular formula is C13H11N3O7. The maximum Gasteiger partial charge on any atom is 0.347 e. The van der Waals surface area contributed by atoms with E-state index >= 15 is 0 Å². The average molecular weight is 321 g/mol. The molecule has 0 aliphatic carbocycles. The van der Waals surface area contributed by atoms with Gasteiger partial charge in [0, 0.05) is 6.07 Å². The molecule has 0 amide bonds. The van der Waals surface area contributed by atoms with Crippen LogP contribution in [0.2, 0.25) is 0 Å². The first-order chi connectivity index (χ1) is 10.9. The van der Waals surface area contributed by atoms with Gasteiger partial charge in [-0.3, -0.25) is 24.8 Å². The van der Waals surface area contributed by atoms with Gasteiger partial charge in [0.25, 0.3) is 11.2 Å². The summed E-state index contributed by atoms with van der Waals surface area (Å²) in [5.74, 6) is -2.32. The van der Waals surface area contributed by atoms with Crippen LogP contribution in [0.5, 0.6) is 5.75 Å². The Kier molecular flexibility index (Phi) is 4.25. The molecule has 2 aromatic rings. The van der Waals surface area contributed by atoms with E-state index < -0.39 is 39.0 Å². The van der Waals surface area contributed by atoms with Crippen molar-refractivity contribution in [3.8, 4) is 11.4 Å². The van der Waals surface area contributed by atoms with Crippen molar-refractivity contribution in [3.05, 3.63) is 60.7 Å². The van der Waals surface area contributed by atoms with Crippen LogP contribution in [-0.2, 0) is 4.74 Å². The highest BCUT2D eigenvalue weighted by Crippen LogP contribution is 2.20. The van der Waals surface area contributed by atoms with Crippen LogP contribution < -0.4 is 11.1 Å². The molecule has 120 valence electrons. The summed E-state index contributed by atoms with van der Waals surface area (Å²) in [6.45, 7) is 1.42. The fourth-order valence-electron chi connectivity index (χ4n) is 1.90. The van der Waals surface area contributed by atoms with Crippen LogP contribution in [0.1, 0.15) is 17.3 Å². The van der Waals surface area contributed by atoms with Crippen molar-refractivity contribution < 1.29 is 19.6 Å². The van der Waals surface area contributed by atoms with Crippen LogP contribution in [0.3, 0.4) is 0 Å². The van der Waals surface area contributed by atoms with Gasteiger partial charge in [0.2, 0.25) is 5.75 Å². The maximum absolute atomic E-state index is 12.1. The zero-order chi connectivity index (χ0) is 17.1. The molecule has 10 nitrogen and oxygen atoms in total. The quantitative estimate of drug-likeness (QED) is 0.468. The van der Waals surface area contributed by atoms with E-state index in [-0.39, 0.29) is 12.3 Å². The summed E-state index contributed by atoms with van der Waals surface area (Å²) in [4.78, 5) is 45.9. The van der Waals surface area contributed by atoms with Gasteiger partial charge in [-0.2, -0.15) is 0 Å². The zero-order valence-corrected chi connectivity index (χ0v) is 11.8. The number of carbonyl (C=O) groups excluding carboxylic acids is 1. The molecule has 2 N–H and O–H groups in total. The number of carbonyl (C=O) groups is 1. The van der Waals surface area contributed by atoms with E-state index in [0.29, 0.717) is 4.68 Å². The smallest absolute Gasteiger partial charge is 0.347 e. The molecule has 0 aliphatic heterocycles. The number of nitrogens with zero attached hydrogens (tertiary/aromatic N) is 2. The first-order valence-corrected chi connectivity index (χ1v) is 6.37. The first kappa shape index (κ1) is 15.9. The van der Waals surface area contributed by atoms with Crippen molar-refractivity contribution in [3.63, 3.8) is 0 Å². The highest BCUT2D eigenvalue weighted by molar-refractivity contribution is 5.91. The predicted molar refractivity (Wildman–Crippen MR) is 76.9 cm³/mol. The molecule has 0 saturated carbocycles. The van der Waals surface area contributed by atoms with Crippen molar-refractivity contribution in [2.45, 2.75) is 6.92 Å². The van der Waals surface area contributed by atoms with Gasteiger partial charge in [0.05, 0.1) is 11.5 Å². The summed E-state index contributed by atoms with van der Waals surface area (Å²) >= 11 is 0. The van der Waals surface area contributed by atoms with Crippen molar-refractivity contribution in [2.75, 3.05) is 6.61 Å². The standard InChI is InChI=1S/C13H11N3O7/c1-2-23-13(20)9-10(17)12(19)15(14-11(9)18)7-5-3-4-6-8(7)16(21)22/h3-6,17H,2H2,1H3,(H,14,18). The fraction of sp³-hybridized carbons (Fsp3) is 0.154. The number of nitro groups is 1. The van der Waals surface area contributed by atoms with Gasteiger partial charge in [0.1, 0.15) is 5.69 Å². The second-order valence-corrected chi connectivity index (χ2v) is 4.27. The molecule has 0 fully saturated rings. The number of nitro benzene ring substituents is 1. The van der Waals surface area contributed by atoms with Gasteiger partial charge in [0.15, 0.2) is 5.56 Å². The van der Waals surface area contributed by atoms with Gasteiger partial charge in [-0.15, -0.1) is 0 Å². The van der Waals surface area contributed by atoms with E-state index in [0.717, 1.165) is 6.07 Å². The number of hydrogen-bond donors (Lipinski definition) is 2.